The van der Waals surface area contributed by atoms with E-state index >= 15 is 0 Å². The quantitative estimate of drug-likeness (QED) is 0.704. The van der Waals surface area contributed by atoms with Crippen molar-refractivity contribution < 1.29 is 19.5 Å². The van der Waals surface area contributed by atoms with Crippen molar-refractivity contribution in [3.8, 4) is 0 Å². The summed E-state index contributed by atoms with van der Waals surface area (Å²) in [6.07, 6.45) is 1.03. The van der Waals surface area contributed by atoms with E-state index in [0.717, 1.165) is 15.7 Å². The highest BCUT2D eigenvalue weighted by molar-refractivity contribution is 14.1. The molecule has 0 fully saturated rings. The zero-order valence-electron chi connectivity index (χ0n) is 9.64. The lowest BCUT2D eigenvalue weighted by Crippen LogP contribution is -2.41. The summed E-state index contributed by atoms with van der Waals surface area (Å²) in [4.78, 5) is 27.9. The van der Waals surface area contributed by atoms with Gasteiger partial charge in [0.1, 0.15) is 9.39 Å². The van der Waals surface area contributed by atoms with Gasteiger partial charge in [0.05, 0.1) is 12.6 Å². The van der Waals surface area contributed by atoms with Gasteiger partial charge in [-0.15, -0.1) is 0 Å². The number of halogens is 1. The number of fused-ring (bicyclic) bond motifs is 1. The van der Waals surface area contributed by atoms with Crippen LogP contribution < -0.4 is 5.32 Å². The molecule has 0 aromatic carbocycles. The van der Waals surface area contributed by atoms with Crippen molar-refractivity contribution in [2.24, 2.45) is 0 Å². The average Bonchev–Trinajstić information content (AvgIpc) is 2.68. The van der Waals surface area contributed by atoms with Crippen LogP contribution in [0.25, 0.3) is 0 Å². The summed E-state index contributed by atoms with van der Waals surface area (Å²) in [5.74, 6) is -0.0908. The minimum Gasteiger partial charge on any atom is -0.394 e. The van der Waals surface area contributed by atoms with Crippen LogP contribution in [-0.4, -0.2) is 40.1 Å². The highest BCUT2D eigenvalue weighted by Gasteiger charge is 2.29. The summed E-state index contributed by atoms with van der Waals surface area (Å²) in [5, 5.41) is 16.3. The van der Waals surface area contributed by atoms with Gasteiger partial charge in [0.25, 0.3) is 5.91 Å². The molecule has 98 valence electrons. The second kappa shape index (κ2) is 6.62. The van der Waals surface area contributed by atoms with Crippen LogP contribution in [0.3, 0.4) is 0 Å². The number of aliphatic hydroxyl groups is 1. The number of aliphatic hydroxyl groups excluding tert-OH is 1. The Bertz CT molecular complexity index is 480. The van der Waals surface area contributed by atoms with E-state index in [1.54, 1.807) is 4.68 Å². The molecule has 7 nitrogen and oxygen atoms in total. The van der Waals surface area contributed by atoms with Crippen LogP contribution in [0.1, 0.15) is 29.0 Å². The molecule has 1 aromatic heterocycles. The van der Waals surface area contributed by atoms with Crippen LogP contribution in [0.15, 0.2) is 0 Å². The van der Waals surface area contributed by atoms with Crippen LogP contribution >= 0.6 is 22.6 Å². The number of hydrogen-bond donors (Lipinski definition) is 2. The van der Waals surface area contributed by atoms with Crippen molar-refractivity contribution in [3.63, 3.8) is 0 Å². The highest BCUT2D eigenvalue weighted by Crippen LogP contribution is 2.23. The number of rotatable bonds is 2. The molecule has 1 aliphatic rings. The van der Waals surface area contributed by atoms with Crippen LogP contribution in [0.5, 0.6) is 0 Å². The largest absolute Gasteiger partial charge is 0.394 e. The summed E-state index contributed by atoms with van der Waals surface area (Å²) >= 11 is 2.12. The van der Waals surface area contributed by atoms with E-state index < -0.39 is 0 Å². The fourth-order valence-electron chi connectivity index (χ4n) is 1.78. The van der Waals surface area contributed by atoms with E-state index in [1.807, 2.05) is 6.92 Å². The van der Waals surface area contributed by atoms with Crippen molar-refractivity contribution in [1.82, 2.24) is 15.1 Å². The monoisotopic (exact) mass is 365 g/mol. The molecule has 1 atom stereocenters. The molecule has 1 aromatic rings. The standard InChI is InChI=1S/C9H12IN3O2.CO2/c1-2-6-7-9(15)11-3-5(4-14)13(7)12-8(6)10;2-1-3/h5,14H,2-4H2,1H3,(H,11,15);. The Morgan fingerprint density at radius 3 is 2.72 bits per heavy atom. The Morgan fingerprint density at radius 2 is 2.22 bits per heavy atom. The number of nitrogens with zero attached hydrogens (tertiary/aromatic N) is 2. The first-order valence-corrected chi connectivity index (χ1v) is 6.33. The topological polar surface area (TPSA) is 101 Å². The van der Waals surface area contributed by atoms with Crippen LogP contribution in [0.2, 0.25) is 0 Å². The first-order chi connectivity index (χ1) is 8.60. The smallest absolute Gasteiger partial charge is 0.373 e. The van der Waals surface area contributed by atoms with Gasteiger partial charge in [-0.2, -0.15) is 14.7 Å². The van der Waals surface area contributed by atoms with Gasteiger partial charge < -0.3 is 10.4 Å². The first-order valence-electron chi connectivity index (χ1n) is 5.25. The van der Waals surface area contributed by atoms with Crippen molar-refractivity contribution in [2.45, 2.75) is 19.4 Å². The molecule has 1 amide bonds. The minimum absolute atomic E-state index is 0.00576. The third kappa shape index (κ3) is 2.77. The first kappa shape index (κ1) is 14.8. The molecule has 0 saturated carbocycles. The summed E-state index contributed by atoms with van der Waals surface area (Å²) in [6.45, 7) is 2.44. The Balaban J connectivity index is 0.000000492. The second-order valence-electron chi connectivity index (χ2n) is 3.55. The fraction of sp³-hybridized carbons (Fsp3) is 0.500. The molecule has 1 unspecified atom stereocenters. The van der Waals surface area contributed by atoms with E-state index in [1.165, 1.54) is 0 Å². The molecule has 0 aliphatic carbocycles. The van der Waals surface area contributed by atoms with Gasteiger partial charge in [0.2, 0.25) is 0 Å². The van der Waals surface area contributed by atoms with Gasteiger partial charge in [-0.1, -0.05) is 6.92 Å². The number of nitrogens with one attached hydrogen (secondary N) is 1. The Hall–Kier alpha value is -1.25. The van der Waals surface area contributed by atoms with Gasteiger partial charge in [0.15, 0.2) is 0 Å². The Labute approximate surface area is 117 Å². The van der Waals surface area contributed by atoms with E-state index in [0.29, 0.717) is 12.2 Å². The lowest BCUT2D eigenvalue weighted by atomic mass is 10.1. The van der Waals surface area contributed by atoms with E-state index in [-0.39, 0.29) is 24.7 Å². The van der Waals surface area contributed by atoms with Gasteiger partial charge in [-0.25, -0.2) is 0 Å². The molecule has 0 bridgehead atoms. The molecular formula is C10H12IN3O4. The highest BCUT2D eigenvalue weighted by atomic mass is 127. The molecule has 2 rings (SSSR count). The summed E-state index contributed by atoms with van der Waals surface area (Å²) in [7, 11) is 0. The fourth-order valence-corrected chi connectivity index (χ4v) is 2.65. The van der Waals surface area contributed by atoms with Crippen LogP contribution in [0.4, 0.5) is 0 Å². The third-order valence-electron chi connectivity index (χ3n) is 2.58. The predicted molar refractivity (Wildman–Crippen MR) is 67.8 cm³/mol. The van der Waals surface area contributed by atoms with Gasteiger partial charge in [-0.3, -0.25) is 9.48 Å². The third-order valence-corrected chi connectivity index (χ3v) is 3.45. The molecule has 2 N–H and O–H groups in total. The second-order valence-corrected chi connectivity index (χ2v) is 4.57. The van der Waals surface area contributed by atoms with E-state index in [4.69, 9.17) is 9.59 Å². The predicted octanol–water partition coefficient (Wildman–Crippen LogP) is -0.257. The molecule has 0 spiro atoms. The molecule has 2 heterocycles. The zero-order chi connectivity index (χ0) is 13.7. The molecule has 1 aliphatic heterocycles. The van der Waals surface area contributed by atoms with Crippen molar-refractivity contribution >= 4 is 34.6 Å². The van der Waals surface area contributed by atoms with Crippen LogP contribution in [0, 0.1) is 3.70 Å². The number of amides is 1. The normalized spacial score (nSPS) is 17.1. The number of carbonyl (C=O) groups is 1. The van der Waals surface area contributed by atoms with Crippen LogP contribution in [-0.2, 0) is 16.0 Å². The maximum Gasteiger partial charge on any atom is 0.373 e. The van der Waals surface area contributed by atoms with Crippen molar-refractivity contribution in [2.75, 3.05) is 13.2 Å². The SMILES string of the molecule is CCc1c(I)nn2c1C(=O)NCC2CO.O=C=O. The van der Waals surface area contributed by atoms with Crippen molar-refractivity contribution in [3.05, 3.63) is 15.0 Å². The average molecular weight is 365 g/mol. The molecule has 8 heteroatoms. The number of carbonyl (C=O) groups excluding carboxylic acids is 3. The molecule has 18 heavy (non-hydrogen) atoms. The van der Waals surface area contributed by atoms with Gasteiger partial charge in [-0.05, 0) is 29.0 Å². The van der Waals surface area contributed by atoms with Crippen molar-refractivity contribution in [1.29, 1.82) is 0 Å². The Kier molecular flexibility index (Phi) is 5.45. The van der Waals surface area contributed by atoms with Gasteiger partial charge in [0, 0.05) is 12.1 Å². The lowest BCUT2D eigenvalue weighted by Gasteiger charge is -2.23. The molecule has 0 saturated heterocycles. The number of hydrogen-bond acceptors (Lipinski definition) is 5. The van der Waals surface area contributed by atoms with E-state index in [2.05, 4.69) is 33.0 Å². The maximum absolute atomic E-state index is 11.7. The summed E-state index contributed by atoms with van der Waals surface area (Å²) in [6, 6.07) is -0.133. The number of aromatic nitrogens is 2. The lowest BCUT2D eigenvalue weighted by molar-refractivity contribution is -0.191. The maximum atomic E-state index is 11.7. The molecular weight excluding hydrogens is 353 g/mol. The Morgan fingerprint density at radius 1 is 1.61 bits per heavy atom. The summed E-state index contributed by atoms with van der Waals surface area (Å²) in [5.41, 5.74) is 1.57. The van der Waals surface area contributed by atoms with E-state index in [9.17, 15) is 9.90 Å². The minimum atomic E-state index is -0.133. The van der Waals surface area contributed by atoms with Gasteiger partial charge >= 0.3 is 6.15 Å². The summed E-state index contributed by atoms with van der Waals surface area (Å²) < 4.78 is 2.50. The molecule has 0 radical (unpaired) electrons. The zero-order valence-corrected chi connectivity index (χ0v) is 11.8.